The van der Waals surface area contributed by atoms with Crippen LogP contribution in [0.1, 0.15) is 28.8 Å². The first kappa shape index (κ1) is 16.4. The van der Waals surface area contributed by atoms with E-state index in [0.29, 0.717) is 29.8 Å². The maximum absolute atomic E-state index is 12.8. The van der Waals surface area contributed by atoms with E-state index in [9.17, 15) is 18.0 Å². The molecule has 1 amide bonds. The summed E-state index contributed by atoms with van der Waals surface area (Å²) < 4.78 is 43.6. The number of carbonyl (C=O) groups excluding carboxylic acids is 1. The van der Waals surface area contributed by atoms with Crippen molar-refractivity contribution < 1.29 is 22.7 Å². The summed E-state index contributed by atoms with van der Waals surface area (Å²) in [6.07, 6.45) is -2.27. The molecule has 1 fully saturated rings. The Morgan fingerprint density at radius 1 is 1.45 bits per heavy atom. The molecule has 0 saturated carbocycles. The third-order valence-electron chi connectivity index (χ3n) is 3.87. The van der Waals surface area contributed by atoms with Gasteiger partial charge in [0, 0.05) is 24.2 Å². The summed E-state index contributed by atoms with van der Waals surface area (Å²) in [6, 6.07) is 4.77. The Balaban J connectivity index is 2.19. The van der Waals surface area contributed by atoms with Gasteiger partial charge in [-0.25, -0.2) is 0 Å². The number of nitrogens with zero attached hydrogens (tertiary/aromatic N) is 1. The van der Waals surface area contributed by atoms with Crippen LogP contribution in [0, 0.1) is 5.92 Å². The van der Waals surface area contributed by atoms with Crippen molar-refractivity contribution in [3.8, 4) is 5.75 Å². The zero-order valence-corrected chi connectivity index (χ0v) is 12.3. The Hall–Kier alpha value is -1.98. The molecule has 1 aliphatic rings. The van der Waals surface area contributed by atoms with Crippen LogP contribution >= 0.6 is 0 Å². The lowest BCUT2D eigenvalue weighted by Gasteiger charge is -2.33. The molecular weight excluding hydrogens is 295 g/mol. The van der Waals surface area contributed by atoms with Crippen molar-refractivity contribution in [2.24, 2.45) is 5.92 Å². The van der Waals surface area contributed by atoms with Gasteiger partial charge in [0.1, 0.15) is 5.75 Å². The quantitative estimate of drug-likeness (QED) is 0.850. The molecule has 1 atom stereocenters. The molecule has 1 saturated heterocycles. The second-order valence-electron chi connectivity index (χ2n) is 5.29. The van der Waals surface area contributed by atoms with E-state index in [1.165, 1.54) is 12.0 Å². The average Bonchev–Trinajstić information content (AvgIpc) is 2.52. The number of alkyl halides is 3. The van der Waals surface area contributed by atoms with Crippen LogP contribution in [0.4, 0.5) is 13.2 Å². The number of carbonyl (C=O) groups is 1. The zero-order chi connectivity index (χ0) is 16.3. The van der Waals surface area contributed by atoms with Gasteiger partial charge in [-0.3, -0.25) is 4.79 Å². The van der Waals surface area contributed by atoms with E-state index in [2.05, 4.69) is 6.58 Å². The fourth-order valence-corrected chi connectivity index (χ4v) is 2.64. The number of rotatable bonds is 3. The number of hydrogen-bond acceptors (Lipinski definition) is 2. The van der Waals surface area contributed by atoms with Crippen molar-refractivity contribution in [3.05, 3.63) is 35.9 Å². The molecule has 6 heteroatoms. The lowest BCUT2D eigenvalue weighted by molar-refractivity contribution is -0.184. The van der Waals surface area contributed by atoms with Crippen LogP contribution in [-0.2, 0) is 0 Å². The highest BCUT2D eigenvalue weighted by Gasteiger charge is 2.42. The molecule has 2 rings (SSSR count). The molecule has 120 valence electrons. The van der Waals surface area contributed by atoms with Crippen LogP contribution in [0.2, 0.25) is 0 Å². The van der Waals surface area contributed by atoms with Crippen LogP contribution in [0.5, 0.6) is 5.75 Å². The Morgan fingerprint density at radius 2 is 2.18 bits per heavy atom. The van der Waals surface area contributed by atoms with Crippen molar-refractivity contribution in [1.82, 2.24) is 4.90 Å². The van der Waals surface area contributed by atoms with E-state index in [-0.39, 0.29) is 18.9 Å². The molecule has 22 heavy (non-hydrogen) atoms. The van der Waals surface area contributed by atoms with Crippen LogP contribution in [0.25, 0.3) is 6.08 Å². The van der Waals surface area contributed by atoms with Crippen LogP contribution in [-0.4, -0.2) is 37.2 Å². The molecule has 0 bridgehead atoms. The lowest BCUT2D eigenvalue weighted by Crippen LogP contribution is -2.44. The number of benzene rings is 1. The first-order valence-electron chi connectivity index (χ1n) is 7.03. The Bertz CT molecular complexity index is 569. The molecule has 1 aliphatic heterocycles. The van der Waals surface area contributed by atoms with Crippen molar-refractivity contribution in [3.63, 3.8) is 0 Å². The van der Waals surface area contributed by atoms with Gasteiger partial charge in [0.15, 0.2) is 0 Å². The Labute approximate surface area is 127 Å². The fraction of sp³-hybridized carbons (Fsp3) is 0.438. The highest BCUT2D eigenvalue weighted by molar-refractivity contribution is 5.95. The summed E-state index contributed by atoms with van der Waals surface area (Å²) in [5, 5.41) is 0. The number of methoxy groups -OCH3 is 1. The third kappa shape index (κ3) is 3.43. The van der Waals surface area contributed by atoms with Crippen molar-refractivity contribution in [1.29, 1.82) is 0 Å². The van der Waals surface area contributed by atoms with Gasteiger partial charge in [0.25, 0.3) is 5.91 Å². The van der Waals surface area contributed by atoms with Crippen LogP contribution in [0.3, 0.4) is 0 Å². The fourth-order valence-electron chi connectivity index (χ4n) is 2.64. The van der Waals surface area contributed by atoms with Gasteiger partial charge in [-0.15, -0.1) is 0 Å². The van der Waals surface area contributed by atoms with E-state index in [1.54, 1.807) is 24.3 Å². The second-order valence-corrected chi connectivity index (χ2v) is 5.29. The molecule has 1 heterocycles. The lowest BCUT2D eigenvalue weighted by atomic mass is 9.96. The van der Waals surface area contributed by atoms with Gasteiger partial charge in [0.2, 0.25) is 0 Å². The van der Waals surface area contributed by atoms with Gasteiger partial charge in [-0.05, 0) is 31.0 Å². The molecular formula is C16H18F3NO2. The minimum absolute atomic E-state index is 0.0772. The smallest absolute Gasteiger partial charge is 0.393 e. The average molecular weight is 313 g/mol. The van der Waals surface area contributed by atoms with Gasteiger partial charge in [0.05, 0.1) is 13.0 Å². The largest absolute Gasteiger partial charge is 0.496 e. The van der Waals surface area contributed by atoms with Crippen LogP contribution in [0.15, 0.2) is 24.8 Å². The van der Waals surface area contributed by atoms with Gasteiger partial charge >= 0.3 is 6.18 Å². The van der Waals surface area contributed by atoms with Gasteiger partial charge < -0.3 is 9.64 Å². The maximum Gasteiger partial charge on any atom is 0.393 e. The number of halogens is 3. The number of likely N-dealkylation sites (tertiary alicyclic amines) is 1. The van der Waals surface area contributed by atoms with E-state index in [1.807, 2.05) is 0 Å². The maximum atomic E-state index is 12.8. The van der Waals surface area contributed by atoms with E-state index in [4.69, 9.17) is 4.74 Å². The second kappa shape index (κ2) is 6.42. The van der Waals surface area contributed by atoms with E-state index >= 15 is 0 Å². The zero-order valence-electron chi connectivity index (χ0n) is 12.3. The van der Waals surface area contributed by atoms with E-state index in [0.717, 1.165) is 0 Å². The summed E-state index contributed by atoms with van der Waals surface area (Å²) in [6.45, 7) is 3.71. The molecule has 1 aromatic carbocycles. The highest BCUT2D eigenvalue weighted by atomic mass is 19.4. The van der Waals surface area contributed by atoms with Gasteiger partial charge in [-0.1, -0.05) is 12.7 Å². The topological polar surface area (TPSA) is 29.5 Å². The number of hydrogen-bond donors (Lipinski definition) is 0. The Morgan fingerprint density at radius 3 is 2.77 bits per heavy atom. The monoisotopic (exact) mass is 313 g/mol. The molecule has 0 aliphatic carbocycles. The first-order chi connectivity index (χ1) is 10.4. The molecule has 0 N–H and O–H groups in total. The number of piperidine rings is 1. The summed E-state index contributed by atoms with van der Waals surface area (Å²) in [4.78, 5) is 13.7. The molecule has 1 unspecified atom stereocenters. The standard InChI is InChI=1S/C16H18F3NO2/c1-3-11-9-12(6-7-14(11)22-2)15(21)20-8-4-5-13(10-20)16(17,18)19/h3,6-7,9,13H,1,4-5,8,10H2,2H3. The van der Waals surface area contributed by atoms with E-state index < -0.39 is 12.1 Å². The highest BCUT2D eigenvalue weighted by Crippen LogP contribution is 2.33. The SMILES string of the molecule is C=Cc1cc(C(=O)N2CCCC(C(F)(F)F)C2)ccc1OC. The molecule has 0 spiro atoms. The van der Waals surface area contributed by atoms with Crippen LogP contribution < -0.4 is 4.74 Å². The molecule has 0 aromatic heterocycles. The third-order valence-corrected chi connectivity index (χ3v) is 3.87. The summed E-state index contributed by atoms with van der Waals surface area (Å²) >= 11 is 0. The number of ether oxygens (including phenoxy) is 1. The summed E-state index contributed by atoms with van der Waals surface area (Å²) in [5.41, 5.74) is 0.983. The molecule has 1 aromatic rings. The normalized spacial score (nSPS) is 18.9. The predicted molar refractivity (Wildman–Crippen MR) is 77.8 cm³/mol. The minimum atomic E-state index is -4.26. The summed E-state index contributed by atoms with van der Waals surface area (Å²) in [7, 11) is 1.50. The Kier molecular flexibility index (Phi) is 4.78. The number of amides is 1. The van der Waals surface area contributed by atoms with Crippen molar-refractivity contribution in [2.45, 2.75) is 19.0 Å². The summed E-state index contributed by atoms with van der Waals surface area (Å²) in [5.74, 6) is -1.26. The van der Waals surface area contributed by atoms with Gasteiger partial charge in [-0.2, -0.15) is 13.2 Å². The molecule has 0 radical (unpaired) electrons. The predicted octanol–water partition coefficient (Wildman–Crippen LogP) is 3.75. The minimum Gasteiger partial charge on any atom is -0.496 e. The van der Waals surface area contributed by atoms with Crippen molar-refractivity contribution >= 4 is 12.0 Å². The van der Waals surface area contributed by atoms with Crippen molar-refractivity contribution in [2.75, 3.05) is 20.2 Å². The first-order valence-corrected chi connectivity index (χ1v) is 7.03. The molecule has 3 nitrogen and oxygen atoms in total.